The van der Waals surface area contributed by atoms with Crippen molar-refractivity contribution in [3.8, 4) is 0 Å². The Morgan fingerprint density at radius 2 is 2.25 bits per heavy atom. The van der Waals surface area contributed by atoms with E-state index in [1.807, 2.05) is 0 Å². The molecule has 2 N–H and O–H groups in total. The number of hydrogen-bond acceptors (Lipinski definition) is 4. The standard InChI is InChI=1S/C11H15N3O2/c1-2-11(3-4-11)7-14-9-6-12-8(5-13-9)10(15)16/h5-6H,2-4,7H2,1H3,(H,13,14)(H,15,16). The van der Waals surface area contributed by atoms with Gasteiger partial charge in [0.2, 0.25) is 0 Å². The Morgan fingerprint density at radius 3 is 2.69 bits per heavy atom. The molecule has 2 rings (SSSR count). The largest absolute Gasteiger partial charge is 0.476 e. The van der Waals surface area contributed by atoms with E-state index in [0.717, 1.165) is 6.54 Å². The first-order chi connectivity index (χ1) is 7.65. The molecule has 1 aromatic heterocycles. The van der Waals surface area contributed by atoms with Crippen LogP contribution in [0.15, 0.2) is 12.4 Å². The smallest absolute Gasteiger partial charge is 0.356 e. The fourth-order valence-corrected chi connectivity index (χ4v) is 1.64. The molecular weight excluding hydrogens is 206 g/mol. The monoisotopic (exact) mass is 221 g/mol. The second-order valence-corrected chi connectivity index (χ2v) is 4.30. The van der Waals surface area contributed by atoms with Crippen LogP contribution in [0, 0.1) is 5.41 Å². The molecule has 1 heterocycles. The van der Waals surface area contributed by atoms with E-state index in [4.69, 9.17) is 5.11 Å². The predicted molar refractivity (Wildman–Crippen MR) is 59.4 cm³/mol. The van der Waals surface area contributed by atoms with E-state index < -0.39 is 5.97 Å². The molecule has 1 aromatic rings. The highest BCUT2D eigenvalue weighted by Gasteiger charge is 2.40. The first-order valence-corrected chi connectivity index (χ1v) is 5.44. The van der Waals surface area contributed by atoms with Gasteiger partial charge in [-0.1, -0.05) is 6.92 Å². The Morgan fingerprint density at radius 1 is 1.50 bits per heavy atom. The fraction of sp³-hybridized carbons (Fsp3) is 0.545. The van der Waals surface area contributed by atoms with Crippen LogP contribution >= 0.6 is 0 Å². The molecular formula is C11H15N3O2. The summed E-state index contributed by atoms with van der Waals surface area (Å²) in [4.78, 5) is 18.4. The highest BCUT2D eigenvalue weighted by atomic mass is 16.4. The maximum absolute atomic E-state index is 10.6. The van der Waals surface area contributed by atoms with Gasteiger partial charge in [-0.2, -0.15) is 0 Å². The zero-order valence-corrected chi connectivity index (χ0v) is 9.23. The van der Waals surface area contributed by atoms with E-state index in [-0.39, 0.29) is 5.69 Å². The lowest BCUT2D eigenvalue weighted by Gasteiger charge is -2.13. The molecule has 1 saturated carbocycles. The van der Waals surface area contributed by atoms with Crippen LogP contribution in [-0.4, -0.2) is 27.6 Å². The summed E-state index contributed by atoms with van der Waals surface area (Å²) >= 11 is 0. The van der Waals surface area contributed by atoms with Crippen LogP contribution in [0.2, 0.25) is 0 Å². The van der Waals surface area contributed by atoms with E-state index >= 15 is 0 Å². The van der Waals surface area contributed by atoms with Crippen molar-refractivity contribution in [1.82, 2.24) is 9.97 Å². The average molecular weight is 221 g/mol. The van der Waals surface area contributed by atoms with Crippen molar-refractivity contribution in [2.45, 2.75) is 26.2 Å². The van der Waals surface area contributed by atoms with Gasteiger partial charge < -0.3 is 10.4 Å². The lowest BCUT2D eigenvalue weighted by molar-refractivity contribution is 0.0690. The number of carboxylic acid groups (broad SMARTS) is 1. The minimum atomic E-state index is -1.05. The van der Waals surface area contributed by atoms with Crippen LogP contribution in [0.3, 0.4) is 0 Å². The summed E-state index contributed by atoms with van der Waals surface area (Å²) in [7, 11) is 0. The summed E-state index contributed by atoms with van der Waals surface area (Å²) in [6.45, 7) is 3.08. The SMILES string of the molecule is CCC1(CNc2cnc(C(=O)O)cn2)CC1. The van der Waals surface area contributed by atoms with Crippen LogP contribution in [0.1, 0.15) is 36.7 Å². The highest BCUT2D eigenvalue weighted by molar-refractivity contribution is 5.84. The van der Waals surface area contributed by atoms with E-state index in [9.17, 15) is 4.79 Å². The molecule has 1 aliphatic rings. The number of aromatic carboxylic acids is 1. The summed E-state index contributed by atoms with van der Waals surface area (Å²) in [6.07, 6.45) is 6.43. The lowest BCUT2D eigenvalue weighted by atomic mass is 10.0. The summed E-state index contributed by atoms with van der Waals surface area (Å²) in [5.41, 5.74) is 0.412. The van der Waals surface area contributed by atoms with Crippen molar-refractivity contribution in [2.75, 3.05) is 11.9 Å². The third-order valence-electron chi connectivity index (χ3n) is 3.22. The lowest BCUT2D eigenvalue weighted by Crippen LogP contribution is -2.15. The van der Waals surface area contributed by atoms with Gasteiger partial charge in [0.15, 0.2) is 5.69 Å². The van der Waals surface area contributed by atoms with E-state index in [1.165, 1.54) is 31.7 Å². The molecule has 0 radical (unpaired) electrons. The maximum Gasteiger partial charge on any atom is 0.356 e. The molecule has 5 nitrogen and oxygen atoms in total. The van der Waals surface area contributed by atoms with Crippen LogP contribution in [0.25, 0.3) is 0 Å². The fourth-order valence-electron chi connectivity index (χ4n) is 1.64. The molecule has 16 heavy (non-hydrogen) atoms. The average Bonchev–Trinajstić information content (AvgIpc) is 3.08. The molecule has 0 amide bonds. The number of carboxylic acids is 1. The first-order valence-electron chi connectivity index (χ1n) is 5.44. The van der Waals surface area contributed by atoms with Gasteiger partial charge in [-0.15, -0.1) is 0 Å². The van der Waals surface area contributed by atoms with Crippen molar-refractivity contribution in [3.05, 3.63) is 18.1 Å². The van der Waals surface area contributed by atoms with Gasteiger partial charge in [-0.05, 0) is 24.7 Å². The van der Waals surface area contributed by atoms with Gasteiger partial charge in [0.1, 0.15) is 5.82 Å². The van der Waals surface area contributed by atoms with Crippen molar-refractivity contribution >= 4 is 11.8 Å². The molecule has 0 aliphatic heterocycles. The molecule has 0 unspecified atom stereocenters. The first kappa shape index (κ1) is 10.9. The number of nitrogens with zero attached hydrogens (tertiary/aromatic N) is 2. The number of rotatable bonds is 5. The number of aromatic nitrogens is 2. The quantitative estimate of drug-likeness (QED) is 0.792. The second kappa shape index (κ2) is 4.08. The minimum Gasteiger partial charge on any atom is -0.476 e. The maximum atomic E-state index is 10.6. The van der Waals surface area contributed by atoms with Crippen molar-refractivity contribution in [2.24, 2.45) is 5.41 Å². The second-order valence-electron chi connectivity index (χ2n) is 4.30. The van der Waals surface area contributed by atoms with Crippen LogP contribution < -0.4 is 5.32 Å². The Bertz CT molecular complexity index is 385. The minimum absolute atomic E-state index is 0.0258. The van der Waals surface area contributed by atoms with Crippen LogP contribution in [0.5, 0.6) is 0 Å². The van der Waals surface area contributed by atoms with Gasteiger partial charge >= 0.3 is 5.97 Å². The Hall–Kier alpha value is -1.65. The van der Waals surface area contributed by atoms with Gasteiger partial charge in [0.05, 0.1) is 12.4 Å². The van der Waals surface area contributed by atoms with Gasteiger partial charge in [-0.3, -0.25) is 0 Å². The number of hydrogen-bond donors (Lipinski definition) is 2. The summed E-state index contributed by atoms with van der Waals surface area (Å²) in [5, 5.41) is 11.9. The summed E-state index contributed by atoms with van der Waals surface area (Å²) in [6, 6.07) is 0. The zero-order valence-electron chi connectivity index (χ0n) is 9.23. The van der Waals surface area contributed by atoms with E-state index in [0.29, 0.717) is 11.2 Å². The molecule has 1 aliphatic carbocycles. The topological polar surface area (TPSA) is 75.1 Å². The van der Waals surface area contributed by atoms with Gasteiger partial charge in [0, 0.05) is 6.54 Å². The molecule has 1 fully saturated rings. The number of carbonyl (C=O) groups is 1. The van der Waals surface area contributed by atoms with Gasteiger partial charge in [0.25, 0.3) is 0 Å². The molecule has 0 aromatic carbocycles. The normalized spacial score (nSPS) is 16.8. The van der Waals surface area contributed by atoms with Crippen molar-refractivity contribution in [3.63, 3.8) is 0 Å². The Balaban J connectivity index is 1.93. The Labute approximate surface area is 93.9 Å². The van der Waals surface area contributed by atoms with E-state index in [2.05, 4.69) is 22.2 Å². The number of anilines is 1. The summed E-state index contributed by atoms with van der Waals surface area (Å²) < 4.78 is 0. The van der Waals surface area contributed by atoms with Crippen molar-refractivity contribution < 1.29 is 9.90 Å². The molecule has 5 heteroatoms. The Kier molecular flexibility index (Phi) is 2.77. The highest BCUT2D eigenvalue weighted by Crippen LogP contribution is 2.48. The molecule has 86 valence electrons. The molecule has 0 atom stereocenters. The predicted octanol–water partition coefficient (Wildman–Crippen LogP) is 1.78. The van der Waals surface area contributed by atoms with E-state index in [1.54, 1.807) is 0 Å². The molecule has 0 spiro atoms. The van der Waals surface area contributed by atoms with Gasteiger partial charge in [-0.25, -0.2) is 14.8 Å². The molecule has 0 saturated heterocycles. The number of nitrogens with one attached hydrogen (secondary N) is 1. The van der Waals surface area contributed by atoms with Crippen LogP contribution in [0.4, 0.5) is 5.82 Å². The summed E-state index contributed by atoms with van der Waals surface area (Å²) in [5.74, 6) is -0.406. The third-order valence-corrected chi connectivity index (χ3v) is 3.22. The third kappa shape index (κ3) is 2.29. The zero-order chi connectivity index (χ0) is 11.6. The van der Waals surface area contributed by atoms with Crippen LogP contribution in [-0.2, 0) is 0 Å². The molecule has 0 bridgehead atoms. The van der Waals surface area contributed by atoms with Crippen molar-refractivity contribution in [1.29, 1.82) is 0 Å².